The van der Waals surface area contributed by atoms with Crippen molar-refractivity contribution in [3.05, 3.63) is 0 Å². The lowest BCUT2D eigenvalue weighted by molar-refractivity contribution is 0.0324. The van der Waals surface area contributed by atoms with Gasteiger partial charge in [0.15, 0.2) is 0 Å². The quantitative estimate of drug-likeness (QED) is 0.795. The number of likely N-dealkylation sites (tertiary alicyclic amines) is 1. The molecule has 16 heavy (non-hydrogen) atoms. The van der Waals surface area contributed by atoms with E-state index >= 15 is 0 Å². The molecule has 0 radical (unpaired) electrons. The Bertz CT molecular complexity index is 202. The van der Waals surface area contributed by atoms with Crippen LogP contribution in [0.25, 0.3) is 0 Å². The number of aliphatic hydroxyl groups is 1. The predicted molar refractivity (Wildman–Crippen MR) is 64.4 cm³/mol. The van der Waals surface area contributed by atoms with Crippen LogP contribution in [0.3, 0.4) is 0 Å². The van der Waals surface area contributed by atoms with E-state index in [4.69, 9.17) is 4.74 Å². The molecule has 0 spiro atoms. The van der Waals surface area contributed by atoms with Gasteiger partial charge in [-0.1, -0.05) is 0 Å². The summed E-state index contributed by atoms with van der Waals surface area (Å²) < 4.78 is 5.22. The second-order valence-electron chi connectivity index (χ2n) is 5.41. The Labute approximate surface area is 98.8 Å². The molecule has 0 aromatic rings. The molecule has 1 aliphatic carbocycles. The molecule has 3 heteroatoms. The molecule has 0 aromatic heterocycles. The van der Waals surface area contributed by atoms with Crippen molar-refractivity contribution in [2.45, 2.75) is 50.7 Å². The van der Waals surface area contributed by atoms with Crippen LogP contribution in [0, 0.1) is 5.92 Å². The van der Waals surface area contributed by atoms with Gasteiger partial charge in [0.2, 0.25) is 0 Å². The Balaban J connectivity index is 1.75. The third-order valence-electron chi connectivity index (χ3n) is 4.19. The number of nitrogens with zero attached hydrogens (tertiary/aromatic N) is 1. The minimum atomic E-state index is -0.0459. The minimum Gasteiger partial charge on any atom is -0.393 e. The first-order chi connectivity index (χ1) is 7.79. The highest BCUT2D eigenvalue weighted by atomic mass is 16.5. The molecular weight excluding hydrogens is 202 g/mol. The second-order valence-corrected chi connectivity index (χ2v) is 5.41. The van der Waals surface area contributed by atoms with E-state index in [0.29, 0.717) is 6.04 Å². The average Bonchev–Trinajstić information content (AvgIpc) is 2.30. The van der Waals surface area contributed by atoms with Crippen molar-refractivity contribution in [3.63, 3.8) is 0 Å². The van der Waals surface area contributed by atoms with Crippen molar-refractivity contribution in [2.75, 3.05) is 26.8 Å². The number of aliphatic hydroxyl groups excluding tert-OH is 1. The van der Waals surface area contributed by atoms with Gasteiger partial charge in [0, 0.05) is 19.8 Å². The maximum atomic E-state index is 9.70. The Kier molecular flexibility index (Phi) is 4.62. The molecule has 0 amide bonds. The molecule has 94 valence electrons. The summed E-state index contributed by atoms with van der Waals surface area (Å²) >= 11 is 0. The SMILES string of the molecule is COCC1CCN(C2CCCC(O)C2)CC1. The first kappa shape index (κ1) is 12.3. The van der Waals surface area contributed by atoms with Crippen LogP contribution in [0.15, 0.2) is 0 Å². The molecule has 0 bridgehead atoms. The maximum absolute atomic E-state index is 9.70. The van der Waals surface area contributed by atoms with Crippen LogP contribution in [0.2, 0.25) is 0 Å². The summed E-state index contributed by atoms with van der Waals surface area (Å²) in [5, 5.41) is 9.70. The summed E-state index contributed by atoms with van der Waals surface area (Å²) in [6.45, 7) is 3.32. The molecule has 2 rings (SSSR count). The number of methoxy groups -OCH3 is 1. The highest BCUT2D eigenvalue weighted by Gasteiger charge is 2.28. The van der Waals surface area contributed by atoms with Crippen LogP contribution in [0.1, 0.15) is 38.5 Å². The van der Waals surface area contributed by atoms with Gasteiger partial charge in [-0.2, -0.15) is 0 Å². The standard InChI is InChI=1S/C13H25NO2/c1-16-10-11-5-7-14(8-6-11)12-3-2-4-13(15)9-12/h11-13,15H,2-10H2,1H3. The van der Waals surface area contributed by atoms with Crippen molar-refractivity contribution >= 4 is 0 Å². The molecule has 2 aliphatic rings. The monoisotopic (exact) mass is 227 g/mol. The van der Waals surface area contributed by atoms with Crippen LogP contribution in [0.5, 0.6) is 0 Å². The molecule has 2 unspecified atom stereocenters. The first-order valence-corrected chi connectivity index (χ1v) is 6.70. The highest BCUT2D eigenvalue weighted by Crippen LogP contribution is 2.27. The molecule has 1 N–H and O–H groups in total. The number of hydrogen-bond donors (Lipinski definition) is 1. The second kappa shape index (κ2) is 5.99. The fourth-order valence-electron chi connectivity index (χ4n) is 3.19. The van der Waals surface area contributed by atoms with E-state index in [-0.39, 0.29) is 6.10 Å². The highest BCUT2D eigenvalue weighted by molar-refractivity contribution is 4.83. The number of piperidine rings is 1. The Morgan fingerprint density at radius 3 is 2.56 bits per heavy atom. The zero-order valence-corrected chi connectivity index (χ0v) is 10.4. The Hall–Kier alpha value is -0.120. The van der Waals surface area contributed by atoms with E-state index in [9.17, 15) is 5.11 Å². The fraction of sp³-hybridized carbons (Fsp3) is 1.00. The van der Waals surface area contributed by atoms with Gasteiger partial charge >= 0.3 is 0 Å². The van der Waals surface area contributed by atoms with Crippen molar-refractivity contribution in [3.8, 4) is 0 Å². The molecule has 1 heterocycles. The topological polar surface area (TPSA) is 32.7 Å². The third kappa shape index (κ3) is 3.19. The van der Waals surface area contributed by atoms with E-state index in [1.54, 1.807) is 7.11 Å². The summed E-state index contributed by atoms with van der Waals surface area (Å²) in [6, 6.07) is 0.646. The molecule has 2 atom stereocenters. The van der Waals surface area contributed by atoms with Gasteiger partial charge in [-0.3, -0.25) is 0 Å². The van der Waals surface area contributed by atoms with Crippen LogP contribution in [-0.4, -0.2) is 49.0 Å². The van der Waals surface area contributed by atoms with Gasteiger partial charge in [-0.15, -0.1) is 0 Å². The van der Waals surface area contributed by atoms with Gasteiger partial charge in [-0.25, -0.2) is 0 Å². The molecule has 0 aromatic carbocycles. The smallest absolute Gasteiger partial charge is 0.0555 e. The minimum absolute atomic E-state index is 0.0459. The van der Waals surface area contributed by atoms with Crippen molar-refractivity contribution < 1.29 is 9.84 Å². The fourth-order valence-corrected chi connectivity index (χ4v) is 3.19. The Morgan fingerprint density at radius 2 is 1.94 bits per heavy atom. The number of hydrogen-bond acceptors (Lipinski definition) is 3. The average molecular weight is 227 g/mol. The van der Waals surface area contributed by atoms with Gasteiger partial charge in [0.05, 0.1) is 6.10 Å². The molecule has 3 nitrogen and oxygen atoms in total. The van der Waals surface area contributed by atoms with Gasteiger partial charge in [-0.05, 0) is 57.5 Å². The summed E-state index contributed by atoms with van der Waals surface area (Å²) in [6.07, 6.45) is 6.97. The number of rotatable bonds is 3. The van der Waals surface area contributed by atoms with E-state index in [0.717, 1.165) is 25.4 Å². The van der Waals surface area contributed by atoms with Crippen LogP contribution in [0.4, 0.5) is 0 Å². The van der Waals surface area contributed by atoms with E-state index in [1.165, 1.54) is 38.8 Å². The van der Waals surface area contributed by atoms with Crippen molar-refractivity contribution in [2.24, 2.45) is 5.92 Å². The Morgan fingerprint density at radius 1 is 1.19 bits per heavy atom. The summed E-state index contributed by atoms with van der Waals surface area (Å²) in [5.41, 5.74) is 0. The molecule has 1 aliphatic heterocycles. The third-order valence-corrected chi connectivity index (χ3v) is 4.19. The maximum Gasteiger partial charge on any atom is 0.0555 e. The van der Waals surface area contributed by atoms with Gasteiger partial charge in [0.25, 0.3) is 0 Å². The van der Waals surface area contributed by atoms with Crippen molar-refractivity contribution in [1.29, 1.82) is 0 Å². The largest absolute Gasteiger partial charge is 0.393 e. The first-order valence-electron chi connectivity index (χ1n) is 6.70. The van der Waals surface area contributed by atoms with Gasteiger partial charge in [0.1, 0.15) is 0 Å². The van der Waals surface area contributed by atoms with Gasteiger partial charge < -0.3 is 14.7 Å². The van der Waals surface area contributed by atoms with Crippen LogP contribution in [-0.2, 0) is 4.74 Å². The molecular formula is C13H25NO2. The lowest BCUT2D eigenvalue weighted by Gasteiger charge is -2.40. The van der Waals surface area contributed by atoms with Crippen molar-refractivity contribution in [1.82, 2.24) is 4.90 Å². The lowest BCUT2D eigenvalue weighted by atomic mass is 9.89. The number of ether oxygens (including phenoxy) is 1. The summed E-state index contributed by atoms with van der Waals surface area (Å²) in [7, 11) is 1.80. The zero-order chi connectivity index (χ0) is 11.4. The predicted octanol–water partition coefficient (Wildman–Crippen LogP) is 1.65. The molecule has 2 fully saturated rings. The molecule has 1 saturated heterocycles. The summed E-state index contributed by atoms with van der Waals surface area (Å²) in [4.78, 5) is 2.59. The van der Waals surface area contributed by atoms with E-state index in [1.807, 2.05) is 0 Å². The van der Waals surface area contributed by atoms with E-state index in [2.05, 4.69) is 4.90 Å². The van der Waals surface area contributed by atoms with Crippen LogP contribution < -0.4 is 0 Å². The zero-order valence-electron chi connectivity index (χ0n) is 10.4. The molecule has 1 saturated carbocycles. The van der Waals surface area contributed by atoms with E-state index < -0.39 is 0 Å². The normalized spacial score (nSPS) is 34.1. The lowest BCUT2D eigenvalue weighted by Crippen LogP contribution is -2.45. The summed E-state index contributed by atoms with van der Waals surface area (Å²) in [5.74, 6) is 0.759. The van der Waals surface area contributed by atoms with Crippen LogP contribution >= 0.6 is 0 Å².